The number of likely N-dealkylation sites (tertiary alicyclic amines) is 1. The van der Waals surface area contributed by atoms with Crippen LogP contribution >= 0.6 is 15.9 Å². The number of anilines is 1. The summed E-state index contributed by atoms with van der Waals surface area (Å²) in [6.45, 7) is 8.13. The molecule has 1 fully saturated rings. The number of ether oxygens (including phenoxy) is 1. The van der Waals surface area contributed by atoms with Gasteiger partial charge in [-0.05, 0) is 71.3 Å². The number of carbonyl (C=O) groups excluding carboxylic acids is 3. The van der Waals surface area contributed by atoms with Crippen molar-refractivity contribution in [3.05, 3.63) is 58.3 Å². The molecule has 0 bridgehead atoms. The van der Waals surface area contributed by atoms with Gasteiger partial charge >= 0.3 is 0 Å². The van der Waals surface area contributed by atoms with Crippen LogP contribution in [-0.4, -0.2) is 66.4 Å². The maximum atomic E-state index is 14.0. The van der Waals surface area contributed by atoms with Gasteiger partial charge < -0.3 is 15.0 Å². The van der Waals surface area contributed by atoms with Gasteiger partial charge in [0, 0.05) is 42.4 Å². The monoisotopic (exact) mass is 645 g/mol. The molecular weight excluding hydrogens is 614 g/mol. The number of amides is 2. The van der Waals surface area contributed by atoms with E-state index in [1.165, 1.54) is 6.92 Å². The van der Waals surface area contributed by atoms with E-state index < -0.39 is 6.04 Å². The Morgan fingerprint density at radius 2 is 1.95 bits per heavy atom. The number of nitrogens with one attached hydrogen (secondary N) is 1. The second-order valence-corrected chi connectivity index (χ2v) is 12.7. The minimum atomic E-state index is -0.685. The molecule has 2 aliphatic heterocycles. The summed E-state index contributed by atoms with van der Waals surface area (Å²) in [5, 5.41) is 8.09. The Kier molecular flexibility index (Phi) is 7.49. The molecule has 2 amide bonds. The van der Waals surface area contributed by atoms with E-state index in [9.17, 15) is 14.4 Å². The second-order valence-electron chi connectivity index (χ2n) is 11.9. The maximum Gasteiger partial charge on any atom is 0.248 e. The summed E-state index contributed by atoms with van der Waals surface area (Å²) in [4.78, 5) is 54.8. The molecule has 1 N–H and O–H groups in total. The summed E-state index contributed by atoms with van der Waals surface area (Å²) < 4.78 is 8.38. The number of halogens is 1. The third-order valence-electron chi connectivity index (χ3n) is 7.93. The molecule has 222 valence electrons. The number of pyridine rings is 1. The molecule has 0 spiro atoms. The Hall–Kier alpha value is -4.19. The number of benzene rings is 1. The van der Waals surface area contributed by atoms with Gasteiger partial charge in [0.05, 0.1) is 6.61 Å². The standard InChI is InChI=1S/C31H32BrN7O4/c1-17(40)27-22-11-21(19-13-33-18(2)34-14-19)20-7-6-10-43-29(20)28(22)39(37-27)15-26(41)38-16-31(3,4)12-23(38)30(42)36-25-9-5-8-24(32)35-25/h5,8-9,11,13-14,23H,6-7,10,12,15-16H2,1-4H3,(H,35,36,42)/t23-/m0/s1. The van der Waals surface area contributed by atoms with E-state index >= 15 is 0 Å². The molecule has 11 nitrogen and oxygen atoms in total. The van der Waals surface area contributed by atoms with Crippen LogP contribution in [0.15, 0.2) is 41.3 Å². The molecule has 3 aromatic heterocycles. The SMILES string of the molecule is CC(=O)c1nn(CC(=O)N2CC(C)(C)C[C@H]2C(=O)Nc2cccc(Br)n2)c2c3c(c(-c4cnc(C)nc4)cc12)CCCO3. The predicted molar refractivity (Wildman–Crippen MR) is 164 cm³/mol. The molecule has 12 heteroatoms. The van der Waals surface area contributed by atoms with Crippen LogP contribution in [0, 0.1) is 12.3 Å². The number of nitrogens with zero attached hydrogens (tertiary/aromatic N) is 6. The maximum absolute atomic E-state index is 14.0. The fourth-order valence-corrected chi connectivity index (χ4v) is 6.35. The summed E-state index contributed by atoms with van der Waals surface area (Å²) in [6, 6.07) is 6.50. The third-order valence-corrected chi connectivity index (χ3v) is 8.37. The third kappa shape index (κ3) is 5.63. The zero-order valence-corrected chi connectivity index (χ0v) is 26.1. The summed E-state index contributed by atoms with van der Waals surface area (Å²) in [5.74, 6) is 0.885. The molecule has 2 aliphatic rings. The lowest BCUT2D eigenvalue weighted by molar-refractivity contribution is -0.137. The lowest BCUT2D eigenvalue weighted by atomic mass is 9.90. The smallest absolute Gasteiger partial charge is 0.248 e. The number of ketones is 1. The molecule has 0 unspecified atom stereocenters. The summed E-state index contributed by atoms with van der Waals surface area (Å²) in [6.07, 6.45) is 5.62. The molecule has 1 aromatic carbocycles. The van der Waals surface area contributed by atoms with Crippen LogP contribution in [0.5, 0.6) is 5.75 Å². The van der Waals surface area contributed by atoms with Crippen molar-refractivity contribution in [2.24, 2.45) is 5.41 Å². The van der Waals surface area contributed by atoms with E-state index in [4.69, 9.17) is 4.74 Å². The molecular formula is C31H32BrN7O4. The van der Waals surface area contributed by atoms with Gasteiger partial charge in [-0.2, -0.15) is 5.10 Å². The fraction of sp³-hybridized carbons (Fsp3) is 0.387. The molecule has 0 radical (unpaired) electrons. The van der Waals surface area contributed by atoms with Gasteiger partial charge in [-0.25, -0.2) is 15.0 Å². The zero-order valence-electron chi connectivity index (χ0n) is 24.5. The molecule has 0 aliphatic carbocycles. The highest BCUT2D eigenvalue weighted by Crippen LogP contribution is 2.42. The Bertz CT molecular complexity index is 1770. The van der Waals surface area contributed by atoms with Crippen LogP contribution in [0.1, 0.15) is 55.5 Å². The molecule has 4 aromatic rings. The number of Topliss-reactive ketones (excluding diaryl/α,β-unsaturated/α-hetero) is 1. The van der Waals surface area contributed by atoms with Gasteiger partial charge in [0.25, 0.3) is 0 Å². The minimum absolute atomic E-state index is 0.151. The van der Waals surface area contributed by atoms with Crippen molar-refractivity contribution in [1.29, 1.82) is 0 Å². The van der Waals surface area contributed by atoms with E-state index in [1.54, 1.807) is 40.2 Å². The topological polar surface area (TPSA) is 132 Å². The Morgan fingerprint density at radius 1 is 1.19 bits per heavy atom. The Balaban J connectivity index is 1.38. The lowest BCUT2D eigenvalue weighted by Crippen LogP contribution is -2.44. The van der Waals surface area contributed by atoms with Crippen molar-refractivity contribution in [3.63, 3.8) is 0 Å². The number of carbonyl (C=O) groups is 3. The first kappa shape index (κ1) is 28.9. The number of hydrogen-bond donors (Lipinski definition) is 1. The summed E-state index contributed by atoms with van der Waals surface area (Å²) in [5.41, 5.74) is 3.26. The number of fused-ring (bicyclic) bond motifs is 3. The van der Waals surface area contributed by atoms with Crippen LogP contribution in [0.3, 0.4) is 0 Å². The largest absolute Gasteiger partial charge is 0.491 e. The van der Waals surface area contributed by atoms with E-state index in [-0.39, 0.29) is 35.3 Å². The molecule has 43 heavy (non-hydrogen) atoms. The van der Waals surface area contributed by atoms with Gasteiger partial charge in [-0.3, -0.25) is 19.1 Å². The molecule has 5 heterocycles. The number of aryl methyl sites for hydroxylation is 1. The van der Waals surface area contributed by atoms with E-state index in [1.807, 2.05) is 26.8 Å². The fourth-order valence-electron chi connectivity index (χ4n) is 6.01. The zero-order chi connectivity index (χ0) is 30.5. The van der Waals surface area contributed by atoms with Crippen LogP contribution in [-0.2, 0) is 22.6 Å². The van der Waals surface area contributed by atoms with Gasteiger partial charge in [-0.15, -0.1) is 0 Å². The number of aromatic nitrogens is 5. The van der Waals surface area contributed by atoms with Crippen LogP contribution in [0.2, 0.25) is 0 Å². The molecule has 6 rings (SSSR count). The van der Waals surface area contributed by atoms with E-state index in [0.717, 1.165) is 29.5 Å². The first-order valence-corrected chi connectivity index (χ1v) is 15.0. The Morgan fingerprint density at radius 3 is 2.67 bits per heavy atom. The van der Waals surface area contributed by atoms with Crippen molar-refractivity contribution in [2.75, 3.05) is 18.5 Å². The Labute approximate surface area is 257 Å². The quantitative estimate of drug-likeness (QED) is 0.235. The van der Waals surface area contributed by atoms with Crippen molar-refractivity contribution in [2.45, 2.75) is 59.5 Å². The average Bonchev–Trinajstić information content (AvgIpc) is 3.50. The first-order chi connectivity index (χ1) is 20.5. The van der Waals surface area contributed by atoms with Crippen molar-refractivity contribution in [3.8, 4) is 16.9 Å². The van der Waals surface area contributed by atoms with Gasteiger partial charge in [0.2, 0.25) is 11.8 Å². The van der Waals surface area contributed by atoms with Gasteiger partial charge in [0.15, 0.2) is 5.78 Å². The summed E-state index contributed by atoms with van der Waals surface area (Å²) >= 11 is 3.33. The van der Waals surface area contributed by atoms with Crippen LogP contribution < -0.4 is 10.1 Å². The van der Waals surface area contributed by atoms with Crippen molar-refractivity contribution < 1.29 is 19.1 Å². The molecule has 0 saturated carbocycles. The van der Waals surface area contributed by atoms with E-state index in [0.29, 0.717) is 52.5 Å². The number of hydrogen-bond acceptors (Lipinski definition) is 8. The highest BCUT2D eigenvalue weighted by molar-refractivity contribution is 9.10. The van der Waals surface area contributed by atoms with Crippen LogP contribution in [0.25, 0.3) is 22.0 Å². The molecule has 1 atom stereocenters. The highest BCUT2D eigenvalue weighted by atomic mass is 79.9. The van der Waals surface area contributed by atoms with Crippen molar-refractivity contribution in [1.82, 2.24) is 29.6 Å². The minimum Gasteiger partial charge on any atom is -0.491 e. The van der Waals surface area contributed by atoms with Gasteiger partial charge in [0.1, 0.15) is 45.8 Å². The summed E-state index contributed by atoms with van der Waals surface area (Å²) in [7, 11) is 0. The van der Waals surface area contributed by atoms with Gasteiger partial charge in [-0.1, -0.05) is 19.9 Å². The highest BCUT2D eigenvalue weighted by Gasteiger charge is 2.44. The normalized spacial score (nSPS) is 17.4. The lowest BCUT2D eigenvalue weighted by Gasteiger charge is -2.25. The second kappa shape index (κ2) is 11.1. The first-order valence-electron chi connectivity index (χ1n) is 14.2. The molecule has 1 saturated heterocycles. The van der Waals surface area contributed by atoms with Crippen molar-refractivity contribution >= 4 is 50.2 Å². The van der Waals surface area contributed by atoms with E-state index in [2.05, 4.69) is 41.3 Å². The van der Waals surface area contributed by atoms with Crippen LogP contribution in [0.4, 0.5) is 5.82 Å². The number of rotatable bonds is 6. The average molecular weight is 647 g/mol. The predicted octanol–water partition coefficient (Wildman–Crippen LogP) is 4.75.